The summed E-state index contributed by atoms with van der Waals surface area (Å²) < 4.78 is 5.13. The average Bonchev–Trinajstić information content (AvgIpc) is 3.26. The second kappa shape index (κ2) is 10.7. The molecule has 28 heavy (non-hydrogen) atoms. The van der Waals surface area contributed by atoms with E-state index in [1.54, 1.807) is 23.1 Å². The molecule has 0 aliphatic heterocycles. The number of ether oxygens (including phenoxy) is 1. The van der Waals surface area contributed by atoms with Crippen molar-refractivity contribution in [2.75, 3.05) is 12.4 Å². The van der Waals surface area contributed by atoms with E-state index in [2.05, 4.69) is 5.32 Å². The number of rotatable bonds is 9. The summed E-state index contributed by atoms with van der Waals surface area (Å²) in [6, 6.07) is 23.3. The lowest BCUT2D eigenvalue weighted by Gasteiger charge is -2.18. The van der Waals surface area contributed by atoms with Crippen LogP contribution >= 0.6 is 23.1 Å². The summed E-state index contributed by atoms with van der Waals surface area (Å²) >= 11 is 3.17. The molecule has 4 nitrogen and oxygen atoms in total. The first-order valence-corrected chi connectivity index (χ1v) is 10.8. The summed E-state index contributed by atoms with van der Waals surface area (Å²) in [5.74, 6) is -0.0657. The highest BCUT2D eigenvalue weighted by atomic mass is 32.2. The van der Waals surface area contributed by atoms with Gasteiger partial charge in [-0.1, -0.05) is 54.6 Å². The van der Waals surface area contributed by atoms with E-state index < -0.39 is 0 Å². The molecule has 0 radical (unpaired) electrons. The van der Waals surface area contributed by atoms with Crippen molar-refractivity contribution < 1.29 is 14.3 Å². The lowest BCUT2D eigenvalue weighted by Crippen LogP contribution is -2.32. The molecule has 1 aromatic heterocycles. The first kappa shape index (κ1) is 20.2. The molecule has 2 aromatic carbocycles. The van der Waals surface area contributed by atoms with E-state index in [4.69, 9.17) is 4.74 Å². The molecule has 0 bridgehead atoms. The first-order chi connectivity index (χ1) is 13.7. The molecular formula is C22H21NO3S2. The predicted octanol–water partition coefficient (Wildman–Crippen LogP) is 4.68. The topological polar surface area (TPSA) is 55.4 Å². The van der Waals surface area contributed by atoms with Gasteiger partial charge in [0.05, 0.1) is 12.5 Å². The quantitative estimate of drug-likeness (QED) is 0.410. The van der Waals surface area contributed by atoms with Crippen LogP contribution in [0.25, 0.3) is 0 Å². The van der Waals surface area contributed by atoms with Gasteiger partial charge in [-0.05, 0) is 29.1 Å². The van der Waals surface area contributed by atoms with Crippen molar-refractivity contribution in [3.8, 4) is 0 Å². The normalized spacial score (nSPS) is 11.6. The SMILES string of the molecule is O=C(COC(=O)CCSc1ccccc1)N[C@@H](c1ccccc1)c1cccs1. The smallest absolute Gasteiger partial charge is 0.307 e. The Bertz CT molecular complexity index is 867. The zero-order valence-electron chi connectivity index (χ0n) is 15.2. The highest BCUT2D eigenvalue weighted by Crippen LogP contribution is 2.25. The first-order valence-electron chi connectivity index (χ1n) is 8.93. The van der Waals surface area contributed by atoms with Crippen LogP contribution in [0.15, 0.2) is 83.1 Å². The van der Waals surface area contributed by atoms with E-state index in [0.717, 1.165) is 15.3 Å². The number of hydrogen-bond donors (Lipinski definition) is 1. The number of hydrogen-bond acceptors (Lipinski definition) is 5. The predicted molar refractivity (Wildman–Crippen MR) is 113 cm³/mol. The highest BCUT2D eigenvalue weighted by Gasteiger charge is 2.18. The number of amides is 1. The molecule has 0 aliphatic rings. The molecule has 0 saturated carbocycles. The number of nitrogens with one attached hydrogen (secondary N) is 1. The minimum atomic E-state index is -0.369. The summed E-state index contributed by atoms with van der Waals surface area (Å²) in [4.78, 5) is 26.4. The number of carbonyl (C=O) groups excluding carboxylic acids is 2. The van der Waals surface area contributed by atoms with Crippen LogP contribution < -0.4 is 5.32 Å². The van der Waals surface area contributed by atoms with Crippen LogP contribution in [0.1, 0.15) is 22.9 Å². The number of esters is 1. The van der Waals surface area contributed by atoms with Crippen LogP contribution in [0.3, 0.4) is 0 Å². The summed E-state index contributed by atoms with van der Waals surface area (Å²) in [5, 5.41) is 4.94. The van der Waals surface area contributed by atoms with Gasteiger partial charge in [0, 0.05) is 15.5 Å². The van der Waals surface area contributed by atoms with Gasteiger partial charge in [-0.3, -0.25) is 9.59 Å². The number of benzene rings is 2. The monoisotopic (exact) mass is 411 g/mol. The van der Waals surface area contributed by atoms with Crippen molar-refractivity contribution in [3.63, 3.8) is 0 Å². The molecule has 1 N–H and O–H groups in total. The number of thiophene rings is 1. The van der Waals surface area contributed by atoms with Crippen LogP contribution in [0.2, 0.25) is 0 Å². The fourth-order valence-corrected chi connectivity index (χ4v) is 4.27. The summed E-state index contributed by atoms with van der Waals surface area (Å²) in [7, 11) is 0. The fourth-order valence-electron chi connectivity index (χ4n) is 2.61. The highest BCUT2D eigenvalue weighted by molar-refractivity contribution is 7.99. The molecule has 1 heterocycles. The third-order valence-corrected chi connectivity index (χ3v) is 5.90. The van der Waals surface area contributed by atoms with E-state index in [1.165, 1.54) is 0 Å². The van der Waals surface area contributed by atoms with Crippen molar-refractivity contribution in [1.82, 2.24) is 5.32 Å². The van der Waals surface area contributed by atoms with E-state index in [9.17, 15) is 9.59 Å². The molecule has 0 aliphatic carbocycles. The van der Waals surface area contributed by atoms with Gasteiger partial charge >= 0.3 is 5.97 Å². The van der Waals surface area contributed by atoms with Crippen molar-refractivity contribution >= 4 is 35.0 Å². The molecule has 0 saturated heterocycles. The Morgan fingerprint density at radius 2 is 1.68 bits per heavy atom. The lowest BCUT2D eigenvalue weighted by atomic mass is 10.1. The summed E-state index contributed by atoms with van der Waals surface area (Å²) in [5.41, 5.74) is 0.990. The van der Waals surface area contributed by atoms with Gasteiger partial charge in [0.15, 0.2) is 6.61 Å². The van der Waals surface area contributed by atoms with Crippen LogP contribution in [0.4, 0.5) is 0 Å². The Balaban J connectivity index is 1.46. The third kappa shape index (κ3) is 6.25. The van der Waals surface area contributed by atoms with Crippen molar-refractivity contribution in [2.45, 2.75) is 17.4 Å². The zero-order valence-corrected chi connectivity index (χ0v) is 16.9. The molecule has 6 heteroatoms. The van der Waals surface area contributed by atoms with Crippen LogP contribution in [-0.4, -0.2) is 24.2 Å². The van der Waals surface area contributed by atoms with Crippen molar-refractivity contribution in [3.05, 3.63) is 88.6 Å². The molecule has 3 rings (SSSR count). The van der Waals surface area contributed by atoms with E-state index in [1.807, 2.05) is 78.2 Å². The summed E-state index contributed by atoms with van der Waals surface area (Å²) in [6.07, 6.45) is 0.264. The Morgan fingerprint density at radius 1 is 0.964 bits per heavy atom. The molecule has 0 unspecified atom stereocenters. The van der Waals surface area contributed by atoms with Gasteiger partial charge in [0.25, 0.3) is 5.91 Å². The summed E-state index contributed by atoms with van der Waals surface area (Å²) in [6.45, 7) is -0.274. The maximum absolute atomic E-state index is 12.3. The lowest BCUT2D eigenvalue weighted by molar-refractivity contribution is -0.148. The Hall–Kier alpha value is -2.57. The largest absolute Gasteiger partial charge is 0.456 e. The van der Waals surface area contributed by atoms with Gasteiger partial charge in [0.1, 0.15) is 0 Å². The van der Waals surface area contributed by atoms with E-state index in [0.29, 0.717) is 5.75 Å². The molecule has 0 fully saturated rings. The van der Waals surface area contributed by atoms with Gasteiger partial charge in [-0.15, -0.1) is 23.1 Å². The minimum Gasteiger partial charge on any atom is -0.456 e. The molecule has 1 amide bonds. The molecule has 3 aromatic rings. The Labute approximate surface area is 172 Å². The van der Waals surface area contributed by atoms with Crippen molar-refractivity contribution in [1.29, 1.82) is 0 Å². The molecule has 144 valence electrons. The molecular weight excluding hydrogens is 390 g/mol. The van der Waals surface area contributed by atoms with E-state index >= 15 is 0 Å². The fraction of sp³-hybridized carbons (Fsp3) is 0.182. The molecule has 1 atom stereocenters. The Morgan fingerprint density at radius 3 is 2.36 bits per heavy atom. The second-order valence-electron chi connectivity index (χ2n) is 6.00. The zero-order chi connectivity index (χ0) is 19.6. The average molecular weight is 412 g/mol. The maximum atomic E-state index is 12.3. The van der Waals surface area contributed by atoms with Crippen LogP contribution in [0.5, 0.6) is 0 Å². The van der Waals surface area contributed by atoms with Crippen molar-refractivity contribution in [2.24, 2.45) is 0 Å². The molecule has 0 spiro atoms. The van der Waals surface area contributed by atoms with Gasteiger partial charge in [0.2, 0.25) is 0 Å². The van der Waals surface area contributed by atoms with Crippen LogP contribution in [0, 0.1) is 0 Å². The van der Waals surface area contributed by atoms with Crippen LogP contribution in [-0.2, 0) is 14.3 Å². The number of thioether (sulfide) groups is 1. The minimum absolute atomic E-state index is 0.249. The van der Waals surface area contributed by atoms with E-state index in [-0.39, 0.29) is 30.9 Å². The van der Waals surface area contributed by atoms with Gasteiger partial charge in [-0.25, -0.2) is 0 Å². The number of carbonyl (C=O) groups is 2. The van der Waals surface area contributed by atoms with Gasteiger partial charge < -0.3 is 10.1 Å². The third-order valence-electron chi connectivity index (χ3n) is 3.95. The standard InChI is InChI=1S/C22H21NO3S2/c24-20(16-26-21(25)13-15-27-18-10-5-2-6-11-18)23-22(19-12-7-14-28-19)17-8-3-1-4-9-17/h1-12,14,22H,13,15-16H2,(H,23,24)/t22-/m0/s1. The van der Waals surface area contributed by atoms with Gasteiger partial charge in [-0.2, -0.15) is 0 Å². The Kier molecular flexibility index (Phi) is 7.70. The second-order valence-corrected chi connectivity index (χ2v) is 8.15. The maximum Gasteiger partial charge on any atom is 0.307 e.